The maximum atomic E-state index is 2.42. The first kappa shape index (κ1) is 34.0. The molecule has 58 heavy (non-hydrogen) atoms. The Kier molecular flexibility index (Phi) is 8.42. The number of benzene rings is 10. The summed E-state index contributed by atoms with van der Waals surface area (Å²) in [7, 11) is 0. The summed E-state index contributed by atoms with van der Waals surface area (Å²) in [4.78, 5) is 2.42. The summed E-state index contributed by atoms with van der Waals surface area (Å²) in [6.45, 7) is 0. The highest BCUT2D eigenvalue weighted by molar-refractivity contribution is 7.25. The van der Waals surface area contributed by atoms with E-state index < -0.39 is 0 Å². The number of hydrogen-bond donors (Lipinski definition) is 0. The molecule has 1 heterocycles. The highest BCUT2D eigenvalue weighted by Gasteiger charge is 2.19. The van der Waals surface area contributed by atoms with Crippen molar-refractivity contribution in [2.24, 2.45) is 0 Å². The number of nitrogens with zero attached hydrogens (tertiary/aromatic N) is 1. The second-order valence-corrected chi connectivity index (χ2v) is 16.0. The van der Waals surface area contributed by atoms with Crippen LogP contribution < -0.4 is 4.90 Å². The van der Waals surface area contributed by atoms with Crippen molar-refractivity contribution < 1.29 is 0 Å². The largest absolute Gasteiger partial charge is 0.310 e. The van der Waals surface area contributed by atoms with Gasteiger partial charge in [0.15, 0.2) is 0 Å². The number of rotatable bonds is 7. The van der Waals surface area contributed by atoms with Gasteiger partial charge in [-0.15, -0.1) is 11.3 Å². The van der Waals surface area contributed by atoms with Gasteiger partial charge in [-0.05, 0) is 103 Å². The molecule has 11 rings (SSSR count). The standard InChI is InChI=1S/C56H37NS/c1-3-18-47-40(12-1)14-10-22-49(47)42-28-26-38(27-29-42)39-30-33-45(34-31-39)57(46-17-9-16-43(36-46)50-23-11-15-41-13-2-4-19-48(41)50)54-24-7-5-20-51(54)44-32-35-53-52-21-6-8-25-55(52)58-56(53)37-44/h1-37H. The Balaban J connectivity index is 1.02. The van der Waals surface area contributed by atoms with E-state index in [0.29, 0.717) is 0 Å². The minimum atomic E-state index is 1.10. The molecule has 11 aromatic rings. The van der Waals surface area contributed by atoms with Crippen LogP contribution in [0.25, 0.3) is 86.2 Å². The predicted octanol–water partition coefficient (Wildman–Crippen LogP) is 16.5. The van der Waals surface area contributed by atoms with Crippen LogP contribution in [0.4, 0.5) is 17.1 Å². The molecule has 0 saturated carbocycles. The van der Waals surface area contributed by atoms with Gasteiger partial charge in [0, 0.05) is 37.1 Å². The molecule has 0 saturated heterocycles. The van der Waals surface area contributed by atoms with E-state index in [4.69, 9.17) is 0 Å². The summed E-state index contributed by atoms with van der Waals surface area (Å²) in [6, 6.07) is 82.0. The van der Waals surface area contributed by atoms with E-state index in [-0.39, 0.29) is 0 Å². The van der Waals surface area contributed by atoms with E-state index in [2.05, 4.69) is 229 Å². The molecule has 0 unspecified atom stereocenters. The molecule has 0 fully saturated rings. The molecule has 0 aliphatic heterocycles. The molecule has 0 aliphatic rings. The molecular formula is C56H37NS. The van der Waals surface area contributed by atoms with Crippen LogP contribution >= 0.6 is 11.3 Å². The first-order chi connectivity index (χ1) is 28.7. The second-order valence-electron chi connectivity index (χ2n) is 14.9. The molecule has 0 aliphatic carbocycles. The maximum Gasteiger partial charge on any atom is 0.0540 e. The first-order valence-electron chi connectivity index (χ1n) is 19.8. The average Bonchev–Trinajstić information content (AvgIpc) is 3.67. The number of thiophene rings is 1. The number of anilines is 3. The number of para-hydroxylation sites is 1. The molecule has 0 radical (unpaired) electrons. The highest BCUT2D eigenvalue weighted by Crippen LogP contribution is 2.44. The van der Waals surface area contributed by atoms with E-state index in [1.807, 2.05) is 11.3 Å². The lowest BCUT2D eigenvalue weighted by Gasteiger charge is -2.28. The van der Waals surface area contributed by atoms with Crippen LogP contribution in [0.2, 0.25) is 0 Å². The Morgan fingerprint density at radius 2 is 0.776 bits per heavy atom. The van der Waals surface area contributed by atoms with Gasteiger partial charge in [-0.25, -0.2) is 0 Å². The van der Waals surface area contributed by atoms with Gasteiger partial charge in [0.2, 0.25) is 0 Å². The van der Waals surface area contributed by atoms with Gasteiger partial charge in [-0.1, -0.05) is 182 Å². The average molecular weight is 756 g/mol. The number of hydrogen-bond acceptors (Lipinski definition) is 2. The van der Waals surface area contributed by atoms with Crippen molar-refractivity contribution >= 4 is 70.1 Å². The number of fused-ring (bicyclic) bond motifs is 5. The third-order valence-electron chi connectivity index (χ3n) is 11.5. The van der Waals surface area contributed by atoms with Crippen LogP contribution in [0.5, 0.6) is 0 Å². The van der Waals surface area contributed by atoms with Crippen LogP contribution in [0.15, 0.2) is 224 Å². The minimum absolute atomic E-state index is 1.10. The van der Waals surface area contributed by atoms with Crippen molar-refractivity contribution in [3.8, 4) is 44.5 Å². The van der Waals surface area contributed by atoms with Crippen molar-refractivity contribution in [2.75, 3.05) is 4.90 Å². The van der Waals surface area contributed by atoms with E-state index in [1.165, 1.54) is 86.2 Å². The van der Waals surface area contributed by atoms with E-state index in [0.717, 1.165) is 17.1 Å². The molecule has 2 heteroatoms. The zero-order valence-corrected chi connectivity index (χ0v) is 32.5. The van der Waals surface area contributed by atoms with E-state index in [9.17, 15) is 0 Å². The monoisotopic (exact) mass is 755 g/mol. The molecule has 1 aromatic heterocycles. The van der Waals surface area contributed by atoms with Gasteiger partial charge in [-0.2, -0.15) is 0 Å². The molecule has 1 nitrogen and oxygen atoms in total. The third-order valence-corrected chi connectivity index (χ3v) is 12.6. The molecule has 0 N–H and O–H groups in total. The maximum absolute atomic E-state index is 2.42. The fourth-order valence-electron chi connectivity index (χ4n) is 8.65. The Morgan fingerprint density at radius 1 is 0.276 bits per heavy atom. The van der Waals surface area contributed by atoms with Crippen molar-refractivity contribution in [1.29, 1.82) is 0 Å². The smallest absolute Gasteiger partial charge is 0.0540 e. The predicted molar refractivity (Wildman–Crippen MR) is 251 cm³/mol. The fraction of sp³-hybridized carbons (Fsp3) is 0. The second kappa shape index (κ2) is 14.4. The Labute approximate surface area is 342 Å². The van der Waals surface area contributed by atoms with Crippen LogP contribution in [-0.4, -0.2) is 0 Å². The molecule has 0 amide bonds. The van der Waals surface area contributed by atoms with Gasteiger partial charge in [0.1, 0.15) is 0 Å². The van der Waals surface area contributed by atoms with Crippen LogP contribution in [0.3, 0.4) is 0 Å². The quantitative estimate of drug-likeness (QED) is 0.157. The van der Waals surface area contributed by atoms with Crippen molar-refractivity contribution in [3.05, 3.63) is 224 Å². The van der Waals surface area contributed by atoms with Crippen molar-refractivity contribution in [1.82, 2.24) is 0 Å². The van der Waals surface area contributed by atoms with E-state index >= 15 is 0 Å². The van der Waals surface area contributed by atoms with Gasteiger partial charge in [0.05, 0.1) is 5.69 Å². The Hall–Kier alpha value is -7.26. The summed E-state index contributed by atoms with van der Waals surface area (Å²) in [5, 5.41) is 7.65. The van der Waals surface area contributed by atoms with Gasteiger partial charge < -0.3 is 4.90 Å². The lowest BCUT2D eigenvalue weighted by atomic mass is 9.96. The highest BCUT2D eigenvalue weighted by atomic mass is 32.1. The molecule has 272 valence electrons. The van der Waals surface area contributed by atoms with Gasteiger partial charge >= 0.3 is 0 Å². The fourth-order valence-corrected chi connectivity index (χ4v) is 9.79. The minimum Gasteiger partial charge on any atom is -0.310 e. The molecular weight excluding hydrogens is 719 g/mol. The zero-order chi connectivity index (χ0) is 38.4. The summed E-state index contributed by atoms with van der Waals surface area (Å²) in [5.74, 6) is 0. The van der Waals surface area contributed by atoms with Gasteiger partial charge in [-0.3, -0.25) is 0 Å². The molecule has 0 atom stereocenters. The van der Waals surface area contributed by atoms with Crippen LogP contribution in [-0.2, 0) is 0 Å². The molecule has 0 spiro atoms. The summed E-state index contributed by atoms with van der Waals surface area (Å²) in [5.41, 5.74) is 13.0. The SMILES string of the molecule is c1cc(-c2cccc3ccccc23)cc(N(c2ccc(-c3ccc(-c4cccc5ccccc45)cc3)cc2)c2ccccc2-c2ccc3c(c2)sc2ccccc23)c1. The normalized spacial score (nSPS) is 11.4. The lowest BCUT2D eigenvalue weighted by molar-refractivity contribution is 1.28. The topological polar surface area (TPSA) is 3.24 Å². The first-order valence-corrected chi connectivity index (χ1v) is 20.6. The Morgan fingerprint density at radius 3 is 1.52 bits per heavy atom. The van der Waals surface area contributed by atoms with Gasteiger partial charge in [0.25, 0.3) is 0 Å². The van der Waals surface area contributed by atoms with E-state index in [1.54, 1.807) is 0 Å². The summed E-state index contributed by atoms with van der Waals surface area (Å²) in [6.07, 6.45) is 0. The lowest BCUT2D eigenvalue weighted by Crippen LogP contribution is -2.11. The Bertz CT molecular complexity index is 3270. The summed E-state index contributed by atoms with van der Waals surface area (Å²) >= 11 is 1.86. The van der Waals surface area contributed by atoms with Crippen LogP contribution in [0, 0.1) is 0 Å². The third kappa shape index (κ3) is 6.03. The van der Waals surface area contributed by atoms with Crippen molar-refractivity contribution in [2.45, 2.75) is 0 Å². The van der Waals surface area contributed by atoms with Crippen LogP contribution in [0.1, 0.15) is 0 Å². The molecule has 0 bridgehead atoms. The summed E-state index contributed by atoms with van der Waals surface area (Å²) < 4.78 is 2.62. The molecule has 10 aromatic carbocycles. The van der Waals surface area contributed by atoms with Crippen molar-refractivity contribution in [3.63, 3.8) is 0 Å². The zero-order valence-electron chi connectivity index (χ0n) is 31.7.